The highest BCUT2D eigenvalue weighted by Gasteiger charge is 2.32. The smallest absolute Gasteiger partial charge is 0.410 e. The monoisotopic (exact) mass is 367 g/mol. The van der Waals surface area contributed by atoms with Crippen molar-refractivity contribution in [2.45, 2.75) is 58.6 Å². The predicted octanol–water partition coefficient (Wildman–Crippen LogP) is 4.31. The average molecular weight is 367 g/mol. The Morgan fingerprint density at radius 3 is 2.85 bits per heavy atom. The molecule has 0 N–H and O–H groups in total. The molecule has 2 aliphatic heterocycles. The highest BCUT2D eigenvalue weighted by atomic mass is 16.6. The molecule has 144 valence electrons. The van der Waals surface area contributed by atoms with Gasteiger partial charge in [-0.05, 0) is 58.6 Å². The number of likely N-dealkylation sites (tertiary alicyclic amines) is 1. The first kappa shape index (κ1) is 18.1. The molecule has 1 atom stereocenters. The van der Waals surface area contributed by atoms with E-state index in [0.29, 0.717) is 6.04 Å². The van der Waals surface area contributed by atoms with Crippen LogP contribution >= 0.6 is 0 Å². The Balaban J connectivity index is 1.61. The number of pyridine rings is 1. The second kappa shape index (κ2) is 6.70. The average Bonchev–Trinajstić information content (AvgIpc) is 2.63. The third kappa shape index (κ3) is 3.47. The van der Waals surface area contributed by atoms with Crippen LogP contribution in [0.15, 0.2) is 24.4 Å². The van der Waals surface area contributed by atoms with Crippen molar-refractivity contribution in [1.29, 1.82) is 0 Å². The van der Waals surface area contributed by atoms with Gasteiger partial charge in [0.15, 0.2) is 0 Å². The molecule has 0 saturated carbocycles. The summed E-state index contributed by atoms with van der Waals surface area (Å²) in [5.41, 5.74) is 3.25. The number of anilines is 1. The Labute approximate surface area is 161 Å². The van der Waals surface area contributed by atoms with Gasteiger partial charge in [-0.1, -0.05) is 12.1 Å². The van der Waals surface area contributed by atoms with Gasteiger partial charge in [-0.3, -0.25) is 4.98 Å². The summed E-state index contributed by atoms with van der Waals surface area (Å²) in [6, 6.07) is 6.85. The number of hydrogen-bond acceptors (Lipinski definition) is 4. The minimum absolute atomic E-state index is 0.192. The lowest BCUT2D eigenvalue weighted by molar-refractivity contribution is 0.0198. The Kier molecular flexibility index (Phi) is 4.49. The van der Waals surface area contributed by atoms with E-state index >= 15 is 0 Å². The minimum atomic E-state index is -0.454. The highest BCUT2D eigenvalue weighted by Crippen LogP contribution is 2.37. The van der Waals surface area contributed by atoms with Crippen molar-refractivity contribution in [2.75, 3.05) is 24.5 Å². The molecule has 0 radical (unpaired) electrons. The Hall–Kier alpha value is -2.30. The molecule has 1 saturated heterocycles. The Morgan fingerprint density at radius 2 is 2.07 bits per heavy atom. The third-order valence-electron chi connectivity index (χ3n) is 5.59. The van der Waals surface area contributed by atoms with Crippen LogP contribution in [-0.2, 0) is 11.2 Å². The van der Waals surface area contributed by atoms with Crippen LogP contribution in [0.25, 0.3) is 10.8 Å². The van der Waals surface area contributed by atoms with Crippen LogP contribution in [-0.4, -0.2) is 47.3 Å². The number of benzene rings is 1. The Morgan fingerprint density at radius 1 is 1.26 bits per heavy atom. The molecule has 5 nitrogen and oxygen atoms in total. The van der Waals surface area contributed by atoms with Crippen molar-refractivity contribution in [3.8, 4) is 0 Å². The number of carbonyl (C=O) groups excluding carboxylic acids is 1. The molecule has 0 bridgehead atoms. The molecule has 1 fully saturated rings. The van der Waals surface area contributed by atoms with Gasteiger partial charge in [-0.15, -0.1) is 0 Å². The molecule has 1 amide bonds. The highest BCUT2D eigenvalue weighted by molar-refractivity contribution is 5.99. The number of aryl methyl sites for hydroxylation is 1. The predicted molar refractivity (Wildman–Crippen MR) is 108 cm³/mol. The number of hydrogen-bond donors (Lipinski definition) is 0. The lowest BCUT2D eigenvalue weighted by Gasteiger charge is -2.43. The van der Waals surface area contributed by atoms with Crippen LogP contribution < -0.4 is 4.90 Å². The molecule has 2 aromatic rings. The van der Waals surface area contributed by atoms with Gasteiger partial charge in [0.05, 0.1) is 0 Å². The van der Waals surface area contributed by atoms with Crippen molar-refractivity contribution < 1.29 is 9.53 Å². The molecule has 0 spiro atoms. The van der Waals surface area contributed by atoms with E-state index in [0.717, 1.165) is 44.6 Å². The first-order valence-electron chi connectivity index (χ1n) is 9.95. The standard InChI is InChI=1S/C22H29N3O2/c1-15-18-8-5-9-19-20(18)16(13-23-15)10-12-25(19)17-7-6-11-24(14-17)21(26)27-22(2,3)4/h5,8-9,13,17H,6-7,10-12,14H2,1-4H3. The molecule has 1 aromatic heterocycles. The van der Waals surface area contributed by atoms with Crippen LogP contribution in [0, 0.1) is 6.92 Å². The third-order valence-corrected chi connectivity index (χ3v) is 5.59. The number of piperidine rings is 1. The maximum atomic E-state index is 12.6. The topological polar surface area (TPSA) is 45.7 Å². The maximum absolute atomic E-state index is 12.6. The normalized spacial score (nSPS) is 20.1. The van der Waals surface area contributed by atoms with Crippen LogP contribution in [0.2, 0.25) is 0 Å². The fourth-order valence-corrected chi connectivity index (χ4v) is 4.36. The summed E-state index contributed by atoms with van der Waals surface area (Å²) >= 11 is 0. The lowest BCUT2D eigenvalue weighted by Crippen LogP contribution is -2.52. The summed E-state index contributed by atoms with van der Waals surface area (Å²) in [6.07, 6.45) is 4.96. The molecule has 4 rings (SSSR count). The number of ether oxygens (including phenoxy) is 1. The SMILES string of the molecule is Cc1ncc2c3c(cccc13)N(C1CCCN(C(=O)OC(C)(C)C)C1)CC2. The maximum Gasteiger partial charge on any atom is 0.410 e. The molecule has 2 aliphatic rings. The number of amides is 1. The van der Waals surface area contributed by atoms with E-state index in [2.05, 4.69) is 35.0 Å². The van der Waals surface area contributed by atoms with Crippen molar-refractivity contribution in [3.05, 3.63) is 35.7 Å². The molecular formula is C22H29N3O2. The van der Waals surface area contributed by atoms with Gasteiger partial charge in [0.25, 0.3) is 0 Å². The van der Waals surface area contributed by atoms with Crippen molar-refractivity contribution >= 4 is 22.6 Å². The van der Waals surface area contributed by atoms with Crippen molar-refractivity contribution in [3.63, 3.8) is 0 Å². The van der Waals surface area contributed by atoms with Gasteiger partial charge >= 0.3 is 6.09 Å². The molecule has 27 heavy (non-hydrogen) atoms. The van der Waals surface area contributed by atoms with Crippen LogP contribution in [0.3, 0.4) is 0 Å². The zero-order valence-electron chi connectivity index (χ0n) is 16.8. The summed E-state index contributed by atoms with van der Waals surface area (Å²) in [6.45, 7) is 10.3. The quantitative estimate of drug-likeness (QED) is 0.754. The van der Waals surface area contributed by atoms with Gasteiger partial charge in [0.2, 0.25) is 0 Å². The summed E-state index contributed by atoms with van der Waals surface area (Å²) in [4.78, 5) is 21.5. The largest absolute Gasteiger partial charge is 0.444 e. The van der Waals surface area contributed by atoms with Gasteiger partial charge in [-0.25, -0.2) is 4.79 Å². The van der Waals surface area contributed by atoms with Crippen molar-refractivity contribution in [2.24, 2.45) is 0 Å². The summed E-state index contributed by atoms with van der Waals surface area (Å²) in [5.74, 6) is 0. The van der Waals surface area contributed by atoms with E-state index in [-0.39, 0.29) is 6.09 Å². The van der Waals surface area contributed by atoms with E-state index in [4.69, 9.17) is 4.74 Å². The van der Waals surface area contributed by atoms with Gasteiger partial charge in [-0.2, -0.15) is 0 Å². The van der Waals surface area contributed by atoms with Gasteiger partial charge in [0, 0.05) is 54.0 Å². The number of nitrogens with zero attached hydrogens (tertiary/aromatic N) is 3. The van der Waals surface area contributed by atoms with E-state index in [1.54, 1.807) is 0 Å². The van der Waals surface area contributed by atoms with Crippen LogP contribution in [0.5, 0.6) is 0 Å². The van der Waals surface area contributed by atoms with E-state index in [9.17, 15) is 4.79 Å². The second-order valence-electron chi connectivity index (χ2n) is 8.73. The lowest BCUT2D eigenvalue weighted by atomic mass is 9.94. The zero-order valence-corrected chi connectivity index (χ0v) is 16.8. The number of aromatic nitrogens is 1. The minimum Gasteiger partial charge on any atom is -0.444 e. The van der Waals surface area contributed by atoms with E-state index in [1.807, 2.05) is 31.9 Å². The molecule has 0 aliphatic carbocycles. The summed E-state index contributed by atoms with van der Waals surface area (Å²) < 4.78 is 5.60. The fraction of sp³-hybridized carbons (Fsp3) is 0.545. The molecule has 3 heterocycles. The van der Waals surface area contributed by atoms with Crippen LogP contribution in [0.1, 0.15) is 44.9 Å². The second-order valence-corrected chi connectivity index (χ2v) is 8.73. The summed E-state index contributed by atoms with van der Waals surface area (Å²) in [7, 11) is 0. The molecule has 1 unspecified atom stereocenters. The van der Waals surface area contributed by atoms with E-state index in [1.165, 1.54) is 22.0 Å². The summed E-state index contributed by atoms with van der Waals surface area (Å²) in [5, 5.41) is 2.58. The van der Waals surface area contributed by atoms with Gasteiger partial charge in [0.1, 0.15) is 5.60 Å². The zero-order chi connectivity index (χ0) is 19.2. The first-order chi connectivity index (χ1) is 12.8. The first-order valence-corrected chi connectivity index (χ1v) is 9.95. The molecular weight excluding hydrogens is 338 g/mol. The fourth-order valence-electron chi connectivity index (χ4n) is 4.36. The number of carbonyl (C=O) groups is 1. The molecule has 5 heteroatoms. The molecule has 1 aromatic carbocycles. The van der Waals surface area contributed by atoms with Gasteiger partial charge < -0.3 is 14.5 Å². The van der Waals surface area contributed by atoms with Crippen LogP contribution in [0.4, 0.5) is 10.5 Å². The van der Waals surface area contributed by atoms with E-state index < -0.39 is 5.60 Å². The number of rotatable bonds is 1. The van der Waals surface area contributed by atoms with Crippen molar-refractivity contribution in [1.82, 2.24) is 9.88 Å². The Bertz CT molecular complexity index is 872.